The van der Waals surface area contributed by atoms with Crippen molar-refractivity contribution in [2.75, 3.05) is 0 Å². The van der Waals surface area contributed by atoms with E-state index >= 15 is 0 Å². The summed E-state index contributed by atoms with van der Waals surface area (Å²) < 4.78 is 17.6. The molecule has 0 amide bonds. The molecule has 0 fully saturated rings. The molecule has 0 N–H and O–H groups in total. The van der Waals surface area contributed by atoms with Crippen molar-refractivity contribution in [3.8, 4) is 23.5 Å². The van der Waals surface area contributed by atoms with E-state index in [9.17, 15) is 10.5 Å². The molecule has 0 aliphatic carbocycles. The number of benzene rings is 8. The van der Waals surface area contributed by atoms with E-state index in [0.717, 1.165) is 101 Å². The molecule has 4 aromatic heterocycles. The Labute approximate surface area is 331 Å². The van der Waals surface area contributed by atoms with E-state index in [1.807, 2.05) is 42.5 Å². The number of furan rings is 2. The highest BCUT2D eigenvalue weighted by Crippen LogP contribution is 2.40. The number of fused-ring (bicyclic) bond motifs is 12. The molecular weight excluding hydrogens is 713 g/mol. The van der Waals surface area contributed by atoms with Crippen molar-refractivity contribution in [3.05, 3.63) is 180 Å². The van der Waals surface area contributed by atoms with Gasteiger partial charge in [0.1, 0.15) is 11.2 Å². The van der Waals surface area contributed by atoms with Gasteiger partial charge in [-0.1, -0.05) is 72.8 Å². The van der Waals surface area contributed by atoms with Crippen LogP contribution in [0.5, 0.6) is 0 Å². The molecule has 270 valence electrons. The maximum atomic E-state index is 9.89. The smallest absolute Gasteiger partial charge is 0.159 e. The summed E-state index contributed by atoms with van der Waals surface area (Å²) >= 11 is 0. The quantitative estimate of drug-likeness (QED) is 0.176. The number of nitrogens with zero attached hydrogens (tertiary/aromatic N) is 4. The maximum absolute atomic E-state index is 9.89. The van der Waals surface area contributed by atoms with Gasteiger partial charge in [-0.3, -0.25) is 0 Å². The number of rotatable bonds is 5. The van der Waals surface area contributed by atoms with Gasteiger partial charge in [-0.2, -0.15) is 10.5 Å². The lowest BCUT2D eigenvalue weighted by Crippen LogP contribution is -1.96. The number of hydrogen-bond donors (Lipinski definition) is 0. The summed E-state index contributed by atoms with van der Waals surface area (Å²) in [6.07, 6.45) is 1.72. The van der Waals surface area contributed by atoms with Gasteiger partial charge in [-0.15, -0.1) is 0 Å². The summed E-state index contributed by atoms with van der Waals surface area (Å²) in [4.78, 5) is 0. The average Bonchev–Trinajstić information content (AvgIpc) is 4.02. The zero-order valence-electron chi connectivity index (χ0n) is 31.0. The Morgan fingerprint density at radius 3 is 1.50 bits per heavy atom. The van der Waals surface area contributed by atoms with Crippen molar-refractivity contribution in [2.45, 2.75) is 12.8 Å². The van der Waals surface area contributed by atoms with Crippen LogP contribution in [0.4, 0.5) is 0 Å². The lowest BCUT2D eigenvalue weighted by Gasteiger charge is -2.10. The molecule has 0 saturated heterocycles. The lowest BCUT2D eigenvalue weighted by atomic mass is 10.0. The van der Waals surface area contributed by atoms with Gasteiger partial charge >= 0.3 is 0 Å². The van der Waals surface area contributed by atoms with Gasteiger partial charge in [0.05, 0.1) is 56.7 Å². The summed E-state index contributed by atoms with van der Waals surface area (Å²) in [6.45, 7) is 0. The molecule has 0 aliphatic heterocycles. The van der Waals surface area contributed by atoms with Gasteiger partial charge in [0.15, 0.2) is 11.2 Å². The third kappa shape index (κ3) is 4.64. The standard InChI is InChI=1S/C52H30N4O2/c53-29-33-19-23-46-41(27-33)40-26-32(18-22-45(40)56(46)47-12-5-9-37-36-8-2-4-14-49(36)57-51(37)47)16-15-31-17-21-44-39(25-31)35-7-1-3-11-43(35)55(44)48-13-6-10-38-42-28-34(30-54)20-24-50(42)58-52(38)48/h1-14,17-28H,15-16H2. The van der Waals surface area contributed by atoms with Crippen LogP contribution in [0, 0.1) is 22.7 Å². The van der Waals surface area contributed by atoms with Gasteiger partial charge in [0.2, 0.25) is 0 Å². The first-order valence-corrected chi connectivity index (χ1v) is 19.4. The highest BCUT2D eigenvalue weighted by atomic mass is 16.3. The lowest BCUT2D eigenvalue weighted by molar-refractivity contribution is 0.666. The van der Waals surface area contributed by atoms with Crippen LogP contribution in [0.25, 0.3) is 98.9 Å². The predicted octanol–water partition coefficient (Wildman–Crippen LogP) is 13.2. The van der Waals surface area contributed by atoms with Crippen LogP contribution in [-0.4, -0.2) is 9.13 Å². The number of aryl methyl sites for hydroxylation is 2. The Hall–Kier alpha value is -8.06. The first-order chi connectivity index (χ1) is 28.6. The van der Waals surface area contributed by atoms with Gasteiger partial charge in [0, 0.05) is 43.1 Å². The summed E-state index contributed by atoms with van der Waals surface area (Å²) in [5.74, 6) is 0. The molecule has 6 nitrogen and oxygen atoms in total. The first-order valence-electron chi connectivity index (χ1n) is 19.4. The third-order valence-electron chi connectivity index (χ3n) is 11.9. The van der Waals surface area contributed by atoms with Crippen LogP contribution in [0.1, 0.15) is 22.3 Å². The summed E-state index contributed by atoms with van der Waals surface area (Å²) in [5.41, 5.74) is 13.3. The molecule has 0 radical (unpaired) electrons. The van der Waals surface area contributed by atoms with Crippen molar-refractivity contribution < 1.29 is 8.83 Å². The van der Waals surface area contributed by atoms with Crippen LogP contribution < -0.4 is 0 Å². The molecule has 0 spiro atoms. The van der Waals surface area contributed by atoms with E-state index in [4.69, 9.17) is 8.83 Å². The molecule has 0 aliphatic rings. The summed E-state index contributed by atoms with van der Waals surface area (Å²) in [5, 5.41) is 28.1. The van der Waals surface area contributed by atoms with Crippen molar-refractivity contribution in [1.29, 1.82) is 10.5 Å². The fourth-order valence-electron chi connectivity index (χ4n) is 9.22. The SMILES string of the molecule is N#Cc1ccc2oc3c(-n4c5ccccc5c5cc(CCc6ccc7c(c6)c6cc(C#N)ccc6n7-c6cccc7c6oc6ccccc67)ccc54)cccc3c2c1. The Kier molecular flexibility index (Phi) is 6.79. The van der Waals surface area contributed by atoms with Crippen LogP contribution in [0.15, 0.2) is 167 Å². The van der Waals surface area contributed by atoms with Crippen LogP contribution in [-0.2, 0) is 12.8 Å². The zero-order valence-corrected chi connectivity index (χ0v) is 31.0. The zero-order chi connectivity index (χ0) is 38.5. The summed E-state index contributed by atoms with van der Waals surface area (Å²) in [6, 6.07) is 59.0. The molecule has 4 heterocycles. The Morgan fingerprint density at radius 2 is 0.845 bits per heavy atom. The Morgan fingerprint density at radius 1 is 0.379 bits per heavy atom. The van der Waals surface area contributed by atoms with E-state index in [0.29, 0.717) is 11.1 Å². The second kappa shape index (κ2) is 12.2. The minimum atomic E-state index is 0.613. The van der Waals surface area contributed by atoms with Gasteiger partial charge in [0.25, 0.3) is 0 Å². The highest BCUT2D eigenvalue weighted by molar-refractivity contribution is 6.14. The van der Waals surface area contributed by atoms with Gasteiger partial charge < -0.3 is 18.0 Å². The van der Waals surface area contributed by atoms with E-state index in [2.05, 4.69) is 130 Å². The van der Waals surface area contributed by atoms with Crippen LogP contribution in [0.2, 0.25) is 0 Å². The monoisotopic (exact) mass is 742 g/mol. The molecule has 12 rings (SSSR count). The molecular formula is C52H30N4O2. The van der Waals surface area contributed by atoms with Gasteiger partial charge in [-0.05, 0) is 109 Å². The fraction of sp³-hybridized carbons (Fsp3) is 0.0385. The van der Waals surface area contributed by atoms with Gasteiger partial charge in [-0.25, -0.2) is 0 Å². The molecule has 12 aromatic rings. The second-order valence-electron chi connectivity index (χ2n) is 15.1. The van der Waals surface area contributed by atoms with E-state index in [-0.39, 0.29) is 0 Å². The predicted molar refractivity (Wildman–Crippen MR) is 233 cm³/mol. The molecule has 58 heavy (non-hydrogen) atoms. The van der Waals surface area contributed by atoms with Crippen molar-refractivity contribution >= 4 is 87.5 Å². The number of para-hydroxylation sites is 4. The van der Waals surface area contributed by atoms with Crippen molar-refractivity contribution in [2.24, 2.45) is 0 Å². The fourth-order valence-corrected chi connectivity index (χ4v) is 9.22. The molecule has 0 bridgehead atoms. The Balaban J connectivity index is 0.947. The van der Waals surface area contributed by atoms with Crippen LogP contribution in [0.3, 0.4) is 0 Å². The minimum absolute atomic E-state index is 0.613. The number of hydrogen-bond acceptors (Lipinski definition) is 4. The normalized spacial score (nSPS) is 11.9. The highest BCUT2D eigenvalue weighted by Gasteiger charge is 2.20. The topological polar surface area (TPSA) is 83.7 Å². The van der Waals surface area contributed by atoms with E-state index in [1.165, 1.54) is 21.9 Å². The molecule has 8 aromatic carbocycles. The molecule has 0 unspecified atom stereocenters. The third-order valence-corrected chi connectivity index (χ3v) is 11.9. The average molecular weight is 743 g/mol. The van der Waals surface area contributed by atoms with Crippen LogP contribution >= 0.6 is 0 Å². The van der Waals surface area contributed by atoms with E-state index in [1.54, 1.807) is 6.07 Å². The molecule has 6 heteroatoms. The van der Waals surface area contributed by atoms with E-state index < -0.39 is 0 Å². The van der Waals surface area contributed by atoms with Crippen molar-refractivity contribution in [3.63, 3.8) is 0 Å². The van der Waals surface area contributed by atoms with Crippen molar-refractivity contribution in [1.82, 2.24) is 9.13 Å². The maximum Gasteiger partial charge on any atom is 0.159 e. The molecule has 0 atom stereocenters. The second-order valence-corrected chi connectivity index (χ2v) is 15.1. The largest absolute Gasteiger partial charge is 0.454 e. The number of nitriles is 2. The minimum Gasteiger partial charge on any atom is -0.454 e. The Bertz CT molecular complexity index is 3780. The number of aromatic nitrogens is 2. The molecule has 0 saturated carbocycles. The summed E-state index contributed by atoms with van der Waals surface area (Å²) in [7, 11) is 0. The first kappa shape index (κ1) is 32.2.